The third kappa shape index (κ3) is 4.03. The summed E-state index contributed by atoms with van der Waals surface area (Å²) in [5.41, 5.74) is 1.59. The molecule has 0 bridgehead atoms. The molecule has 4 nitrogen and oxygen atoms in total. The van der Waals surface area contributed by atoms with Crippen LogP contribution in [0.2, 0.25) is 5.15 Å². The van der Waals surface area contributed by atoms with Crippen LogP contribution in [0.25, 0.3) is 0 Å². The quantitative estimate of drug-likeness (QED) is 0.850. The van der Waals surface area contributed by atoms with E-state index < -0.39 is 0 Å². The molecule has 1 aromatic heterocycles. The van der Waals surface area contributed by atoms with Gasteiger partial charge in [0.05, 0.1) is 12.4 Å². The minimum Gasteiger partial charge on any atom is -0.340 e. The number of aromatic nitrogens is 2. The second-order valence-electron chi connectivity index (χ2n) is 4.54. The van der Waals surface area contributed by atoms with E-state index in [4.69, 9.17) is 11.6 Å². The van der Waals surface area contributed by atoms with E-state index in [0.717, 1.165) is 12.8 Å². The fourth-order valence-corrected chi connectivity index (χ4v) is 1.98. The van der Waals surface area contributed by atoms with Crippen LogP contribution in [0.15, 0.2) is 42.7 Å². The largest absolute Gasteiger partial charge is 0.340 e. The zero-order valence-electron chi connectivity index (χ0n) is 11.3. The van der Waals surface area contributed by atoms with Crippen molar-refractivity contribution in [3.05, 3.63) is 59.1 Å². The molecule has 1 amide bonds. The predicted octanol–water partition coefficient (Wildman–Crippen LogP) is 2.83. The summed E-state index contributed by atoms with van der Waals surface area (Å²) in [7, 11) is 1.77. The molecule has 2 aromatic rings. The van der Waals surface area contributed by atoms with Gasteiger partial charge in [0.1, 0.15) is 10.8 Å². The lowest BCUT2D eigenvalue weighted by molar-refractivity contribution is 0.0787. The Bertz CT molecular complexity index is 557. The first-order valence-corrected chi connectivity index (χ1v) is 6.81. The Morgan fingerprint density at radius 3 is 2.60 bits per heavy atom. The third-order valence-corrected chi connectivity index (χ3v) is 3.18. The van der Waals surface area contributed by atoms with Crippen molar-refractivity contribution in [1.82, 2.24) is 14.9 Å². The van der Waals surface area contributed by atoms with Gasteiger partial charge >= 0.3 is 0 Å². The molecule has 0 N–H and O–H groups in total. The van der Waals surface area contributed by atoms with Gasteiger partial charge in [-0.3, -0.25) is 4.79 Å². The van der Waals surface area contributed by atoms with Gasteiger partial charge in [0.2, 0.25) is 0 Å². The molecule has 104 valence electrons. The average Bonchev–Trinajstić information content (AvgIpc) is 2.48. The van der Waals surface area contributed by atoms with Crippen molar-refractivity contribution >= 4 is 17.5 Å². The van der Waals surface area contributed by atoms with Gasteiger partial charge in [-0.05, 0) is 18.4 Å². The third-order valence-electron chi connectivity index (χ3n) is 2.99. The van der Waals surface area contributed by atoms with Crippen LogP contribution in [0, 0.1) is 0 Å². The number of benzene rings is 1. The monoisotopic (exact) mass is 289 g/mol. The zero-order chi connectivity index (χ0) is 14.4. The molecule has 2 rings (SSSR count). The van der Waals surface area contributed by atoms with Crippen molar-refractivity contribution in [2.24, 2.45) is 0 Å². The molecule has 0 atom stereocenters. The Kier molecular flexibility index (Phi) is 5.07. The molecule has 20 heavy (non-hydrogen) atoms. The average molecular weight is 290 g/mol. The Hall–Kier alpha value is -1.94. The van der Waals surface area contributed by atoms with Crippen LogP contribution in [-0.4, -0.2) is 34.4 Å². The fourth-order valence-electron chi connectivity index (χ4n) is 1.88. The van der Waals surface area contributed by atoms with Crippen LogP contribution in [0.5, 0.6) is 0 Å². The molecular weight excluding hydrogens is 274 g/mol. The zero-order valence-corrected chi connectivity index (χ0v) is 12.0. The van der Waals surface area contributed by atoms with Crippen molar-refractivity contribution in [3.8, 4) is 0 Å². The first-order valence-electron chi connectivity index (χ1n) is 6.44. The molecule has 5 heteroatoms. The highest BCUT2D eigenvalue weighted by Crippen LogP contribution is 2.06. The molecule has 0 aliphatic carbocycles. The van der Waals surface area contributed by atoms with Gasteiger partial charge in [0.25, 0.3) is 5.91 Å². The van der Waals surface area contributed by atoms with Crippen LogP contribution in [0.4, 0.5) is 0 Å². The van der Waals surface area contributed by atoms with Gasteiger partial charge in [0.15, 0.2) is 0 Å². The highest BCUT2D eigenvalue weighted by Gasteiger charge is 2.13. The predicted molar refractivity (Wildman–Crippen MR) is 78.8 cm³/mol. The van der Waals surface area contributed by atoms with Crippen molar-refractivity contribution < 1.29 is 4.79 Å². The maximum atomic E-state index is 12.1. The van der Waals surface area contributed by atoms with E-state index in [9.17, 15) is 4.79 Å². The minimum absolute atomic E-state index is 0.137. The number of rotatable bonds is 5. The lowest BCUT2D eigenvalue weighted by Crippen LogP contribution is -2.28. The summed E-state index contributed by atoms with van der Waals surface area (Å²) in [4.78, 5) is 21.6. The summed E-state index contributed by atoms with van der Waals surface area (Å²) in [5, 5.41) is 0.285. The SMILES string of the molecule is CN(CCCc1ccccc1)C(=O)c1cnc(Cl)cn1. The molecule has 0 saturated carbocycles. The minimum atomic E-state index is -0.137. The molecule has 0 fully saturated rings. The molecule has 0 unspecified atom stereocenters. The Labute approximate surface area is 123 Å². The summed E-state index contributed by atoms with van der Waals surface area (Å²) in [5.74, 6) is -0.137. The first kappa shape index (κ1) is 14.5. The van der Waals surface area contributed by atoms with E-state index in [2.05, 4.69) is 22.1 Å². The highest BCUT2D eigenvalue weighted by molar-refractivity contribution is 6.29. The summed E-state index contributed by atoms with van der Waals surface area (Å²) < 4.78 is 0. The molecule has 0 aliphatic heterocycles. The van der Waals surface area contributed by atoms with E-state index in [1.807, 2.05) is 18.2 Å². The Morgan fingerprint density at radius 2 is 1.95 bits per heavy atom. The molecule has 0 aliphatic rings. The van der Waals surface area contributed by atoms with Gasteiger partial charge in [-0.15, -0.1) is 0 Å². The summed E-state index contributed by atoms with van der Waals surface area (Å²) in [6.45, 7) is 0.679. The van der Waals surface area contributed by atoms with Gasteiger partial charge in [-0.25, -0.2) is 9.97 Å². The first-order chi connectivity index (χ1) is 9.66. The van der Waals surface area contributed by atoms with E-state index in [-0.39, 0.29) is 11.1 Å². The van der Waals surface area contributed by atoms with E-state index in [1.54, 1.807) is 11.9 Å². The molecule has 1 heterocycles. The van der Waals surface area contributed by atoms with Crippen LogP contribution in [0.3, 0.4) is 0 Å². The Morgan fingerprint density at radius 1 is 1.20 bits per heavy atom. The van der Waals surface area contributed by atoms with Crippen LogP contribution >= 0.6 is 11.6 Å². The lowest BCUT2D eigenvalue weighted by atomic mass is 10.1. The normalized spacial score (nSPS) is 10.3. The van der Waals surface area contributed by atoms with Crippen molar-refractivity contribution in [3.63, 3.8) is 0 Å². The van der Waals surface area contributed by atoms with E-state index >= 15 is 0 Å². The topological polar surface area (TPSA) is 46.1 Å². The summed E-state index contributed by atoms with van der Waals surface area (Å²) in [6, 6.07) is 10.2. The van der Waals surface area contributed by atoms with Crippen molar-refractivity contribution in [1.29, 1.82) is 0 Å². The fraction of sp³-hybridized carbons (Fsp3) is 0.267. The standard InChI is InChI=1S/C15H16ClN3O/c1-19(9-5-8-12-6-3-2-4-7-12)15(20)13-10-18-14(16)11-17-13/h2-4,6-7,10-11H,5,8-9H2,1H3. The van der Waals surface area contributed by atoms with Crippen LogP contribution in [-0.2, 0) is 6.42 Å². The van der Waals surface area contributed by atoms with Gasteiger partial charge < -0.3 is 4.90 Å². The number of nitrogens with zero attached hydrogens (tertiary/aromatic N) is 3. The number of carbonyl (C=O) groups is 1. The smallest absolute Gasteiger partial charge is 0.273 e. The summed E-state index contributed by atoms with van der Waals surface area (Å²) >= 11 is 5.65. The van der Waals surface area contributed by atoms with E-state index in [0.29, 0.717) is 12.2 Å². The van der Waals surface area contributed by atoms with Crippen LogP contribution in [0.1, 0.15) is 22.5 Å². The number of aryl methyl sites for hydroxylation is 1. The molecule has 1 aromatic carbocycles. The number of carbonyl (C=O) groups excluding carboxylic acids is 1. The number of hydrogen-bond acceptors (Lipinski definition) is 3. The van der Waals surface area contributed by atoms with Gasteiger partial charge in [0, 0.05) is 13.6 Å². The van der Waals surface area contributed by atoms with Crippen molar-refractivity contribution in [2.45, 2.75) is 12.8 Å². The maximum absolute atomic E-state index is 12.1. The Balaban J connectivity index is 1.84. The van der Waals surface area contributed by atoms with Gasteiger partial charge in [-0.1, -0.05) is 41.9 Å². The van der Waals surface area contributed by atoms with Gasteiger partial charge in [-0.2, -0.15) is 0 Å². The second kappa shape index (κ2) is 7.01. The summed E-state index contributed by atoms with van der Waals surface area (Å²) in [6.07, 6.45) is 4.64. The van der Waals surface area contributed by atoms with E-state index in [1.165, 1.54) is 18.0 Å². The molecule has 0 radical (unpaired) electrons. The number of halogens is 1. The highest BCUT2D eigenvalue weighted by atomic mass is 35.5. The van der Waals surface area contributed by atoms with Crippen LogP contribution < -0.4 is 0 Å². The van der Waals surface area contributed by atoms with Crippen molar-refractivity contribution in [2.75, 3.05) is 13.6 Å². The molecule has 0 spiro atoms. The lowest BCUT2D eigenvalue weighted by Gasteiger charge is -2.16. The molecule has 0 saturated heterocycles. The number of hydrogen-bond donors (Lipinski definition) is 0. The number of amides is 1. The molecular formula is C15H16ClN3O. The maximum Gasteiger partial charge on any atom is 0.273 e. The second-order valence-corrected chi connectivity index (χ2v) is 4.93.